The van der Waals surface area contributed by atoms with Gasteiger partial charge < -0.3 is 19.9 Å². The molecule has 2 N–H and O–H groups in total. The van der Waals surface area contributed by atoms with Gasteiger partial charge in [-0.15, -0.1) is 0 Å². The molecule has 0 radical (unpaired) electrons. The highest BCUT2D eigenvalue weighted by molar-refractivity contribution is 5.83. The average Bonchev–Trinajstić information content (AvgIpc) is 2.92. The van der Waals surface area contributed by atoms with Crippen molar-refractivity contribution in [2.45, 2.75) is 40.5 Å². The molecule has 4 rings (SSSR count). The second-order valence-corrected chi connectivity index (χ2v) is 9.50. The van der Waals surface area contributed by atoms with Crippen molar-refractivity contribution in [1.29, 1.82) is 0 Å². The van der Waals surface area contributed by atoms with Crippen LogP contribution >= 0.6 is 0 Å². The molecule has 4 aromatic rings. The van der Waals surface area contributed by atoms with Gasteiger partial charge in [0.2, 0.25) is 0 Å². The predicted molar refractivity (Wildman–Crippen MR) is 157 cm³/mol. The summed E-state index contributed by atoms with van der Waals surface area (Å²) in [5, 5.41) is 5.06. The Hall–Kier alpha value is -4.66. The summed E-state index contributed by atoms with van der Waals surface area (Å²) in [4.78, 5) is 29.8. The fourth-order valence-electron chi connectivity index (χ4n) is 4.34. The third-order valence-corrected chi connectivity index (χ3v) is 6.23. The first kappa shape index (κ1) is 28.4. The zero-order valence-corrected chi connectivity index (χ0v) is 23.4. The number of hydrogen-bond acceptors (Lipinski definition) is 7. The van der Waals surface area contributed by atoms with Gasteiger partial charge in [0, 0.05) is 5.56 Å². The summed E-state index contributed by atoms with van der Waals surface area (Å²) < 4.78 is 18.4. The van der Waals surface area contributed by atoms with E-state index >= 15 is 0 Å². The molecule has 208 valence electrons. The second-order valence-electron chi connectivity index (χ2n) is 9.50. The van der Waals surface area contributed by atoms with Crippen molar-refractivity contribution < 1.29 is 19.0 Å². The van der Waals surface area contributed by atoms with Crippen LogP contribution in [0.4, 0.5) is 0 Å². The van der Waals surface area contributed by atoms with Crippen molar-refractivity contribution in [3.05, 3.63) is 81.6 Å². The quantitative estimate of drug-likeness (QED) is 0.265. The van der Waals surface area contributed by atoms with Gasteiger partial charge >= 0.3 is 0 Å². The van der Waals surface area contributed by atoms with Crippen molar-refractivity contribution >= 4 is 23.0 Å². The lowest BCUT2D eigenvalue weighted by Gasteiger charge is -2.18. The van der Waals surface area contributed by atoms with Gasteiger partial charge in [-0.1, -0.05) is 26.0 Å². The number of nitrogens with two attached hydrogens (primary N) is 1. The molecular formula is C31H34N4O5. The first-order chi connectivity index (χ1) is 19.2. The minimum atomic E-state index is -0.589. The van der Waals surface area contributed by atoms with Gasteiger partial charge in [-0.25, -0.2) is 4.98 Å². The molecule has 1 amide bonds. The van der Waals surface area contributed by atoms with Crippen LogP contribution in [0.2, 0.25) is 0 Å². The number of benzene rings is 3. The van der Waals surface area contributed by atoms with E-state index < -0.39 is 5.91 Å². The van der Waals surface area contributed by atoms with Gasteiger partial charge in [0.25, 0.3) is 11.5 Å². The molecule has 0 spiro atoms. The predicted octanol–water partition coefficient (Wildman–Crippen LogP) is 5.04. The highest BCUT2D eigenvalue weighted by atomic mass is 16.5. The number of carbonyl (C=O) groups is 1. The first-order valence-corrected chi connectivity index (χ1v) is 13.2. The smallest absolute Gasteiger partial charge is 0.282 e. The lowest BCUT2D eigenvalue weighted by atomic mass is 9.96. The molecule has 9 heteroatoms. The highest BCUT2D eigenvalue weighted by Gasteiger charge is 2.18. The van der Waals surface area contributed by atoms with Gasteiger partial charge in [0.05, 0.1) is 30.3 Å². The van der Waals surface area contributed by atoms with Crippen LogP contribution in [0.5, 0.6) is 17.2 Å². The summed E-state index contributed by atoms with van der Waals surface area (Å²) in [5.74, 6) is 1.66. The van der Waals surface area contributed by atoms with Crippen molar-refractivity contribution in [2.75, 3.05) is 19.8 Å². The van der Waals surface area contributed by atoms with E-state index in [1.54, 1.807) is 36.5 Å². The number of amides is 1. The number of para-hydroxylation sites is 1. The summed E-state index contributed by atoms with van der Waals surface area (Å²) in [7, 11) is 0. The van der Waals surface area contributed by atoms with Crippen LogP contribution in [0.15, 0.2) is 64.5 Å². The van der Waals surface area contributed by atoms with Gasteiger partial charge in [0.15, 0.2) is 23.9 Å². The Bertz CT molecular complexity index is 1620. The fourth-order valence-corrected chi connectivity index (χ4v) is 4.34. The Morgan fingerprint density at radius 3 is 2.42 bits per heavy atom. The number of aryl methyl sites for hydroxylation is 1. The Morgan fingerprint density at radius 2 is 1.73 bits per heavy atom. The van der Waals surface area contributed by atoms with Crippen LogP contribution < -0.4 is 25.5 Å². The molecule has 1 heterocycles. The third-order valence-electron chi connectivity index (χ3n) is 6.23. The van der Waals surface area contributed by atoms with Crippen LogP contribution in [0.3, 0.4) is 0 Å². The Labute approximate surface area is 233 Å². The summed E-state index contributed by atoms with van der Waals surface area (Å²) in [6.07, 6.45) is 1.56. The van der Waals surface area contributed by atoms with E-state index in [0.29, 0.717) is 47.0 Å². The molecule has 0 atom stereocenters. The maximum Gasteiger partial charge on any atom is 0.282 e. The molecular weight excluding hydrogens is 508 g/mol. The maximum absolute atomic E-state index is 13.7. The number of fused-ring (bicyclic) bond motifs is 1. The van der Waals surface area contributed by atoms with Crippen LogP contribution in [0, 0.1) is 6.92 Å². The second kappa shape index (κ2) is 12.5. The minimum absolute atomic E-state index is 0.192. The van der Waals surface area contributed by atoms with Gasteiger partial charge in [-0.3, -0.25) is 9.59 Å². The molecule has 0 aliphatic rings. The van der Waals surface area contributed by atoms with E-state index in [1.807, 2.05) is 45.0 Å². The van der Waals surface area contributed by atoms with E-state index in [1.165, 1.54) is 4.68 Å². The topological polar surface area (TPSA) is 118 Å². The number of hydrogen-bond donors (Lipinski definition) is 1. The number of ether oxygens (including phenoxy) is 3. The van der Waals surface area contributed by atoms with E-state index in [9.17, 15) is 9.59 Å². The molecule has 0 aliphatic carbocycles. The first-order valence-electron chi connectivity index (χ1n) is 13.2. The average molecular weight is 543 g/mol. The van der Waals surface area contributed by atoms with Gasteiger partial charge in [-0.05, 0) is 85.8 Å². The molecule has 0 saturated carbocycles. The number of nitrogens with zero attached hydrogens (tertiary/aromatic N) is 3. The minimum Gasteiger partial charge on any atom is -0.494 e. The van der Waals surface area contributed by atoms with E-state index in [-0.39, 0.29) is 18.1 Å². The van der Waals surface area contributed by atoms with Crippen LogP contribution in [-0.2, 0) is 4.79 Å². The number of primary amides is 1. The molecule has 1 aromatic heterocycles. The molecule has 3 aromatic carbocycles. The van der Waals surface area contributed by atoms with Crippen LogP contribution in [0.1, 0.15) is 50.3 Å². The highest BCUT2D eigenvalue weighted by Crippen LogP contribution is 2.34. The molecule has 0 fully saturated rings. The molecule has 0 aliphatic heterocycles. The van der Waals surface area contributed by atoms with E-state index in [4.69, 9.17) is 24.9 Å². The summed E-state index contributed by atoms with van der Waals surface area (Å²) in [6, 6.07) is 16.4. The molecule has 9 nitrogen and oxygen atoms in total. The summed E-state index contributed by atoms with van der Waals surface area (Å²) in [5.41, 5.74) is 8.89. The van der Waals surface area contributed by atoms with Crippen molar-refractivity contribution in [3.63, 3.8) is 0 Å². The fraction of sp³-hybridized carbons (Fsp3) is 0.290. The van der Waals surface area contributed by atoms with Crippen molar-refractivity contribution in [3.8, 4) is 28.6 Å². The number of rotatable bonds is 11. The van der Waals surface area contributed by atoms with Crippen molar-refractivity contribution in [1.82, 2.24) is 9.66 Å². The Kier molecular flexibility index (Phi) is 8.83. The van der Waals surface area contributed by atoms with E-state index in [2.05, 4.69) is 18.9 Å². The monoisotopic (exact) mass is 542 g/mol. The largest absolute Gasteiger partial charge is 0.494 e. The lowest BCUT2D eigenvalue weighted by molar-refractivity contribution is -0.119. The standard InChI is InChI=1S/C31H34N4O5/c1-6-38-27-14-20(5)24(16-23(27)19(3)4)30-34-25-11-9-8-10-22(25)31(37)35(30)33-17-21-12-13-26(40-18-29(32)36)28(15-21)39-7-2/h8-17,19H,6-7,18H2,1-5H3,(H2,32,36). The van der Waals surface area contributed by atoms with Crippen LogP contribution in [0.25, 0.3) is 22.3 Å². The van der Waals surface area contributed by atoms with E-state index in [0.717, 1.165) is 22.4 Å². The number of carbonyl (C=O) groups excluding carboxylic acids is 1. The van der Waals surface area contributed by atoms with Gasteiger partial charge in [-0.2, -0.15) is 9.78 Å². The summed E-state index contributed by atoms with van der Waals surface area (Å²) in [6.45, 7) is 10.6. The van der Waals surface area contributed by atoms with Crippen molar-refractivity contribution in [2.24, 2.45) is 10.8 Å². The molecule has 0 bridgehead atoms. The normalized spacial score (nSPS) is 11.3. The SMILES string of the molecule is CCOc1cc(C=Nn2c(-c3cc(C(C)C)c(OCC)cc3C)nc3ccccc3c2=O)ccc1OCC(N)=O. The Morgan fingerprint density at radius 1 is 1.00 bits per heavy atom. The zero-order valence-electron chi connectivity index (χ0n) is 23.4. The molecule has 0 saturated heterocycles. The number of aromatic nitrogens is 2. The molecule has 0 unspecified atom stereocenters. The van der Waals surface area contributed by atoms with Gasteiger partial charge in [0.1, 0.15) is 5.75 Å². The van der Waals surface area contributed by atoms with Crippen LogP contribution in [-0.4, -0.2) is 41.6 Å². The zero-order chi connectivity index (χ0) is 28.8. The third kappa shape index (κ3) is 6.14. The lowest BCUT2D eigenvalue weighted by Crippen LogP contribution is -2.21. The molecule has 40 heavy (non-hydrogen) atoms. The Balaban J connectivity index is 1.87. The maximum atomic E-state index is 13.7. The summed E-state index contributed by atoms with van der Waals surface area (Å²) >= 11 is 0.